The monoisotopic (exact) mass is 391 g/mol. The van der Waals surface area contributed by atoms with E-state index in [0.717, 1.165) is 22.0 Å². The number of nitrogens with one attached hydrogen (secondary N) is 2. The molecule has 2 atom stereocenters. The van der Waals surface area contributed by atoms with Crippen LogP contribution in [0.3, 0.4) is 0 Å². The van der Waals surface area contributed by atoms with Gasteiger partial charge in [0.15, 0.2) is 0 Å². The molecular formula is C23H25N3O3. The molecule has 3 aromatic rings. The van der Waals surface area contributed by atoms with Gasteiger partial charge < -0.3 is 19.9 Å². The van der Waals surface area contributed by atoms with Crippen molar-refractivity contribution in [3.8, 4) is 0 Å². The maximum Gasteiger partial charge on any atom is 0.245 e. The van der Waals surface area contributed by atoms with E-state index < -0.39 is 6.04 Å². The van der Waals surface area contributed by atoms with Crippen LogP contribution in [0.2, 0.25) is 0 Å². The van der Waals surface area contributed by atoms with E-state index in [4.69, 9.17) is 4.74 Å². The summed E-state index contributed by atoms with van der Waals surface area (Å²) in [6, 6.07) is 17.3. The zero-order valence-electron chi connectivity index (χ0n) is 16.4. The molecule has 2 aromatic carbocycles. The first-order chi connectivity index (χ1) is 14.1. The highest BCUT2D eigenvalue weighted by atomic mass is 16.5. The lowest BCUT2D eigenvalue weighted by Crippen LogP contribution is -2.52. The maximum absolute atomic E-state index is 13.3. The third kappa shape index (κ3) is 4.32. The van der Waals surface area contributed by atoms with Crippen molar-refractivity contribution in [2.24, 2.45) is 0 Å². The van der Waals surface area contributed by atoms with Gasteiger partial charge in [0.1, 0.15) is 12.1 Å². The van der Waals surface area contributed by atoms with Crippen LogP contribution in [-0.2, 0) is 20.7 Å². The zero-order chi connectivity index (χ0) is 20.2. The minimum absolute atomic E-state index is 0.0743. The van der Waals surface area contributed by atoms with Crippen LogP contribution in [-0.4, -0.2) is 47.4 Å². The number of carbonyl (C=O) groups excluding carboxylic acids is 2. The van der Waals surface area contributed by atoms with Crippen molar-refractivity contribution in [3.63, 3.8) is 0 Å². The van der Waals surface area contributed by atoms with Crippen molar-refractivity contribution < 1.29 is 14.3 Å². The van der Waals surface area contributed by atoms with E-state index >= 15 is 0 Å². The van der Waals surface area contributed by atoms with Crippen LogP contribution in [0.15, 0.2) is 60.8 Å². The molecule has 1 aliphatic rings. The Bertz CT molecular complexity index is 999. The van der Waals surface area contributed by atoms with Crippen LogP contribution in [0.4, 0.5) is 0 Å². The molecule has 0 spiro atoms. The number of rotatable bonds is 5. The number of hydrogen-bond acceptors (Lipinski definition) is 3. The Morgan fingerprint density at radius 3 is 2.72 bits per heavy atom. The van der Waals surface area contributed by atoms with Crippen LogP contribution >= 0.6 is 0 Å². The van der Waals surface area contributed by atoms with Crippen molar-refractivity contribution in [3.05, 3.63) is 71.9 Å². The molecule has 0 radical (unpaired) electrons. The third-order valence-electron chi connectivity index (χ3n) is 5.32. The number of nitrogens with zero attached hydrogens (tertiary/aromatic N) is 1. The van der Waals surface area contributed by atoms with Gasteiger partial charge in [-0.25, -0.2) is 0 Å². The molecule has 1 fully saturated rings. The van der Waals surface area contributed by atoms with E-state index in [1.165, 1.54) is 6.92 Å². The number of amides is 2. The molecule has 4 rings (SSSR count). The molecule has 0 bridgehead atoms. The molecule has 1 aliphatic heterocycles. The molecule has 2 unspecified atom stereocenters. The summed E-state index contributed by atoms with van der Waals surface area (Å²) in [5, 5.41) is 3.92. The van der Waals surface area contributed by atoms with E-state index in [0.29, 0.717) is 26.1 Å². The van der Waals surface area contributed by atoms with Crippen LogP contribution in [0.25, 0.3) is 10.9 Å². The van der Waals surface area contributed by atoms with E-state index in [-0.39, 0.29) is 17.9 Å². The highest BCUT2D eigenvalue weighted by Gasteiger charge is 2.31. The summed E-state index contributed by atoms with van der Waals surface area (Å²) < 4.78 is 5.88. The predicted octanol–water partition coefficient (Wildman–Crippen LogP) is 2.82. The van der Waals surface area contributed by atoms with Crippen molar-refractivity contribution in [2.45, 2.75) is 25.5 Å². The van der Waals surface area contributed by atoms with Gasteiger partial charge in [-0.05, 0) is 17.2 Å². The first-order valence-electron chi connectivity index (χ1n) is 9.89. The molecule has 6 heteroatoms. The number of fused-ring (bicyclic) bond motifs is 1. The first-order valence-corrected chi connectivity index (χ1v) is 9.89. The van der Waals surface area contributed by atoms with E-state index in [1.54, 1.807) is 4.90 Å². The Labute approximate surface area is 169 Å². The predicted molar refractivity (Wildman–Crippen MR) is 111 cm³/mol. The Kier molecular flexibility index (Phi) is 5.62. The van der Waals surface area contributed by atoms with Crippen LogP contribution in [0, 0.1) is 0 Å². The van der Waals surface area contributed by atoms with E-state index in [2.05, 4.69) is 10.3 Å². The number of aromatic amines is 1. The summed E-state index contributed by atoms with van der Waals surface area (Å²) in [5.41, 5.74) is 3.09. The molecule has 1 aromatic heterocycles. The van der Waals surface area contributed by atoms with Gasteiger partial charge in [0.2, 0.25) is 11.8 Å². The van der Waals surface area contributed by atoms with E-state index in [9.17, 15) is 9.59 Å². The Balaban J connectivity index is 1.53. The smallest absolute Gasteiger partial charge is 0.245 e. The van der Waals surface area contributed by atoms with E-state index in [1.807, 2.05) is 60.8 Å². The lowest BCUT2D eigenvalue weighted by atomic mass is 10.0. The molecule has 150 valence electrons. The zero-order valence-corrected chi connectivity index (χ0v) is 16.4. The normalized spacial score (nSPS) is 17.8. The number of H-pyrrole nitrogens is 1. The minimum Gasteiger partial charge on any atom is -0.370 e. The summed E-state index contributed by atoms with van der Waals surface area (Å²) in [4.78, 5) is 30.2. The summed E-state index contributed by atoms with van der Waals surface area (Å²) in [7, 11) is 0. The highest BCUT2D eigenvalue weighted by Crippen LogP contribution is 2.24. The summed E-state index contributed by atoms with van der Waals surface area (Å²) >= 11 is 0. The fourth-order valence-corrected chi connectivity index (χ4v) is 3.91. The number of para-hydroxylation sites is 1. The average Bonchev–Trinajstić information content (AvgIpc) is 3.16. The molecule has 1 saturated heterocycles. The van der Waals surface area contributed by atoms with Crippen molar-refractivity contribution in [1.29, 1.82) is 0 Å². The molecule has 2 amide bonds. The maximum atomic E-state index is 13.3. The second-order valence-electron chi connectivity index (χ2n) is 7.37. The lowest BCUT2D eigenvalue weighted by molar-refractivity contribution is -0.143. The first kappa shape index (κ1) is 19.2. The van der Waals surface area contributed by atoms with Crippen molar-refractivity contribution in [2.75, 3.05) is 19.7 Å². The summed E-state index contributed by atoms with van der Waals surface area (Å²) in [5.74, 6) is -0.286. The molecule has 6 nitrogen and oxygen atoms in total. The molecule has 2 heterocycles. The van der Waals surface area contributed by atoms with Gasteiger partial charge in [-0.15, -0.1) is 0 Å². The number of aromatic nitrogens is 1. The SMILES string of the molecule is CC(=O)NC(Cc1c[nH]c2ccccc12)C(=O)N1CCOC(c2ccccc2)C1. The average molecular weight is 391 g/mol. The third-order valence-corrected chi connectivity index (χ3v) is 5.32. The van der Waals surface area contributed by atoms with Gasteiger partial charge >= 0.3 is 0 Å². The molecule has 0 saturated carbocycles. The fourth-order valence-electron chi connectivity index (χ4n) is 3.91. The van der Waals surface area contributed by atoms with Gasteiger partial charge in [0.05, 0.1) is 13.2 Å². The van der Waals surface area contributed by atoms with Gasteiger partial charge in [0.25, 0.3) is 0 Å². The molecular weight excluding hydrogens is 366 g/mol. The summed E-state index contributed by atoms with van der Waals surface area (Å²) in [6.07, 6.45) is 2.20. The van der Waals surface area contributed by atoms with Gasteiger partial charge in [-0.3, -0.25) is 9.59 Å². The Morgan fingerprint density at radius 2 is 1.93 bits per heavy atom. The Morgan fingerprint density at radius 1 is 1.17 bits per heavy atom. The molecule has 2 N–H and O–H groups in total. The van der Waals surface area contributed by atoms with Crippen LogP contribution in [0.1, 0.15) is 24.2 Å². The largest absolute Gasteiger partial charge is 0.370 e. The molecule has 0 aliphatic carbocycles. The van der Waals surface area contributed by atoms with Crippen molar-refractivity contribution in [1.82, 2.24) is 15.2 Å². The summed E-state index contributed by atoms with van der Waals surface area (Å²) in [6.45, 7) is 2.92. The lowest BCUT2D eigenvalue weighted by Gasteiger charge is -2.35. The molecule has 29 heavy (non-hydrogen) atoms. The highest BCUT2D eigenvalue weighted by molar-refractivity contribution is 5.89. The number of carbonyl (C=O) groups is 2. The topological polar surface area (TPSA) is 74.4 Å². The number of benzene rings is 2. The Hall–Kier alpha value is -3.12. The van der Waals surface area contributed by atoms with Crippen LogP contribution < -0.4 is 5.32 Å². The standard InChI is InChI=1S/C23H25N3O3/c1-16(27)25-21(13-18-14-24-20-10-6-5-9-19(18)20)23(28)26-11-12-29-22(15-26)17-7-3-2-4-8-17/h2-10,14,21-22,24H,11-13,15H2,1H3,(H,25,27). The quantitative estimate of drug-likeness (QED) is 0.702. The number of ether oxygens (including phenoxy) is 1. The van der Waals surface area contributed by atoms with Gasteiger partial charge in [-0.2, -0.15) is 0 Å². The van der Waals surface area contributed by atoms with Crippen molar-refractivity contribution >= 4 is 22.7 Å². The second-order valence-corrected chi connectivity index (χ2v) is 7.37. The second kappa shape index (κ2) is 8.49. The minimum atomic E-state index is -0.610. The van der Waals surface area contributed by atoms with Gasteiger partial charge in [0, 0.05) is 37.0 Å². The number of morpholine rings is 1. The van der Waals surface area contributed by atoms with Gasteiger partial charge in [-0.1, -0.05) is 48.5 Å². The van der Waals surface area contributed by atoms with Crippen LogP contribution in [0.5, 0.6) is 0 Å². The fraction of sp³-hybridized carbons (Fsp3) is 0.304. The number of hydrogen-bond donors (Lipinski definition) is 2.